The van der Waals surface area contributed by atoms with E-state index in [0.29, 0.717) is 12.1 Å². The van der Waals surface area contributed by atoms with Crippen LogP contribution in [-0.4, -0.2) is 32.1 Å². The number of allylic oxidation sites excluding steroid dienone is 1. The van der Waals surface area contributed by atoms with Crippen LogP contribution in [0, 0.1) is 6.92 Å². The van der Waals surface area contributed by atoms with Gasteiger partial charge in [0.15, 0.2) is 0 Å². The van der Waals surface area contributed by atoms with Crippen LogP contribution in [0.4, 0.5) is 5.69 Å². The van der Waals surface area contributed by atoms with E-state index in [9.17, 15) is 9.59 Å². The Morgan fingerprint density at radius 3 is 2.26 bits per heavy atom. The summed E-state index contributed by atoms with van der Waals surface area (Å²) < 4.78 is 10.2. The van der Waals surface area contributed by atoms with E-state index in [2.05, 4.69) is 5.32 Å². The summed E-state index contributed by atoms with van der Waals surface area (Å²) in [6.45, 7) is 2.01. The van der Waals surface area contributed by atoms with E-state index in [0.717, 1.165) is 28.1 Å². The van der Waals surface area contributed by atoms with Crippen LogP contribution in [0.1, 0.15) is 22.7 Å². The summed E-state index contributed by atoms with van der Waals surface area (Å²) in [6.07, 6.45) is 1.89. The van der Waals surface area contributed by atoms with E-state index < -0.39 is 12.0 Å². The molecule has 1 fully saturated rings. The molecule has 0 aromatic heterocycles. The first-order valence-electron chi connectivity index (χ1n) is 11.1. The maximum atomic E-state index is 13.4. The number of esters is 1. The van der Waals surface area contributed by atoms with Crippen molar-refractivity contribution in [1.82, 2.24) is 5.32 Å². The van der Waals surface area contributed by atoms with Gasteiger partial charge in [-0.25, -0.2) is 4.79 Å². The Labute approximate surface area is 199 Å². The second-order valence-electron chi connectivity index (χ2n) is 8.24. The van der Waals surface area contributed by atoms with Crippen molar-refractivity contribution < 1.29 is 19.1 Å². The van der Waals surface area contributed by atoms with Crippen LogP contribution >= 0.6 is 0 Å². The highest BCUT2D eigenvalue weighted by atomic mass is 16.5. The Balaban J connectivity index is 1.66. The van der Waals surface area contributed by atoms with Gasteiger partial charge >= 0.3 is 5.97 Å². The summed E-state index contributed by atoms with van der Waals surface area (Å²) in [4.78, 5) is 27.3. The zero-order chi connectivity index (χ0) is 24.1. The van der Waals surface area contributed by atoms with Gasteiger partial charge in [-0.1, -0.05) is 60.2 Å². The molecular weight excluding hydrogens is 428 g/mol. The standard InChI is InChI=1S/C28H28N2O4/c1-19-9-13-23(14-10-19)30-27(21-11-15-24(33-2)16-12-21)26(28(30)32)29-22(18-25(31)34-3)17-20-7-5-4-6-8-20/h4-16,18,26-27,29H,17H2,1-3H3/b22-18-/t26-,27+/m0/s1. The van der Waals surface area contributed by atoms with Crippen LogP contribution in [0.5, 0.6) is 5.75 Å². The van der Waals surface area contributed by atoms with Crippen molar-refractivity contribution in [3.05, 3.63) is 107 Å². The predicted octanol–water partition coefficient (Wildman–Crippen LogP) is 4.35. The van der Waals surface area contributed by atoms with Crippen LogP contribution < -0.4 is 15.0 Å². The van der Waals surface area contributed by atoms with E-state index in [1.807, 2.05) is 85.8 Å². The first-order chi connectivity index (χ1) is 16.5. The molecule has 3 aromatic rings. The second kappa shape index (κ2) is 10.3. The number of hydrogen-bond donors (Lipinski definition) is 1. The van der Waals surface area contributed by atoms with Gasteiger partial charge in [0.1, 0.15) is 11.8 Å². The molecule has 0 radical (unpaired) electrons. The van der Waals surface area contributed by atoms with Crippen LogP contribution in [0.2, 0.25) is 0 Å². The zero-order valence-electron chi connectivity index (χ0n) is 19.5. The molecule has 6 nitrogen and oxygen atoms in total. The molecule has 1 saturated heterocycles. The number of anilines is 1. The van der Waals surface area contributed by atoms with Gasteiger partial charge in [0.25, 0.3) is 5.91 Å². The molecule has 0 unspecified atom stereocenters. The molecule has 2 atom stereocenters. The maximum Gasteiger partial charge on any atom is 0.332 e. The van der Waals surface area contributed by atoms with Crippen LogP contribution in [0.15, 0.2) is 90.6 Å². The molecular formula is C28H28N2O4. The molecule has 174 valence electrons. The van der Waals surface area contributed by atoms with E-state index in [1.165, 1.54) is 13.2 Å². The topological polar surface area (TPSA) is 67.9 Å². The number of nitrogens with zero attached hydrogens (tertiary/aromatic N) is 1. The number of rotatable bonds is 8. The monoisotopic (exact) mass is 456 g/mol. The number of methoxy groups -OCH3 is 2. The quantitative estimate of drug-likeness (QED) is 0.310. The summed E-state index contributed by atoms with van der Waals surface area (Å²) in [5.41, 5.74) is 4.57. The van der Waals surface area contributed by atoms with Crippen molar-refractivity contribution in [2.45, 2.75) is 25.4 Å². The number of aryl methyl sites for hydroxylation is 1. The zero-order valence-corrected chi connectivity index (χ0v) is 19.5. The minimum absolute atomic E-state index is 0.0616. The van der Waals surface area contributed by atoms with Crippen LogP contribution in [0.3, 0.4) is 0 Å². The Bertz CT molecular complexity index is 1170. The molecule has 0 bridgehead atoms. The lowest BCUT2D eigenvalue weighted by molar-refractivity contribution is -0.135. The Morgan fingerprint density at radius 2 is 1.65 bits per heavy atom. The van der Waals surface area contributed by atoms with Gasteiger partial charge in [-0.15, -0.1) is 0 Å². The Kier molecular flexibility index (Phi) is 6.97. The highest BCUT2D eigenvalue weighted by Gasteiger charge is 2.49. The number of nitrogens with one attached hydrogen (secondary N) is 1. The van der Waals surface area contributed by atoms with Crippen molar-refractivity contribution in [2.75, 3.05) is 19.1 Å². The lowest BCUT2D eigenvalue weighted by atomic mass is 9.87. The molecule has 0 spiro atoms. The minimum atomic E-state index is -0.533. The van der Waals surface area contributed by atoms with Crippen LogP contribution in [-0.2, 0) is 20.7 Å². The summed E-state index contributed by atoms with van der Waals surface area (Å²) in [6, 6.07) is 24.6. The fourth-order valence-electron chi connectivity index (χ4n) is 4.13. The molecule has 3 aromatic carbocycles. The second-order valence-corrected chi connectivity index (χ2v) is 8.24. The molecule has 1 aliphatic heterocycles. The molecule has 34 heavy (non-hydrogen) atoms. The van der Waals surface area contributed by atoms with Gasteiger partial charge in [0, 0.05) is 23.9 Å². The van der Waals surface area contributed by atoms with Crippen molar-refractivity contribution in [1.29, 1.82) is 0 Å². The third-order valence-corrected chi connectivity index (χ3v) is 5.94. The normalized spacial score (nSPS) is 17.7. The number of amides is 1. The first-order valence-corrected chi connectivity index (χ1v) is 11.1. The number of benzene rings is 3. The average molecular weight is 457 g/mol. The number of carbonyl (C=O) groups excluding carboxylic acids is 2. The minimum Gasteiger partial charge on any atom is -0.497 e. The van der Waals surface area contributed by atoms with E-state index in [4.69, 9.17) is 9.47 Å². The van der Waals surface area contributed by atoms with E-state index >= 15 is 0 Å². The summed E-state index contributed by atoms with van der Waals surface area (Å²) in [5, 5.41) is 3.34. The smallest absolute Gasteiger partial charge is 0.332 e. The largest absolute Gasteiger partial charge is 0.497 e. The van der Waals surface area contributed by atoms with Crippen LogP contribution in [0.25, 0.3) is 0 Å². The number of carbonyl (C=O) groups is 2. The van der Waals surface area contributed by atoms with Gasteiger partial charge in [0.05, 0.1) is 20.3 Å². The maximum absolute atomic E-state index is 13.4. The number of hydrogen-bond acceptors (Lipinski definition) is 5. The van der Waals surface area contributed by atoms with Gasteiger partial charge < -0.3 is 19.7 Å². The fourth-order valence-corrected chi connectivity index (χ4v) is 4.13. The Morgan fingerprint density at radius 1 is 0.971 bits per heavy atom. The molecule has 0 saturated carbocycles. The van der Waals surface area contributed by atoms with Crippen molar-refractivity contribution >= 4 is 17.6 Å². The van der Waals surface area contributed by atoms with Gasteiger partial charge in [-0.3, -0.25) is 4.79 Å². The summed E-state index contributed by atoms with van der Waals surface area (Å²) in [7, 11) is 2.96. The lowest BCUT2D eigenvalue weighted by Gasteiger charge is -2.48. The molecule has 1 amide bonds. The lowest BCUT2D eigenvalue weighted by Crippen LogP contribution is -2.64. The third kappa shape index (κ3) is 4.96. The van der Waals surface area contributed by atoms with Crippen molar-refractivity contribution in [2.24, 2.45) is 0 Å². The highest BCUT2D eigenvalue weighted by molar-refractivity contribution is 6.06. The third-order valence-electron chi connectivity index (χ3n) is 5.94. The number of β-lactam (4-membered cyclic amide) rings is 1. The number of ether oxygens (including phenoxy) is 2. The molecule has 0 aliphatic carbocycles. The Hall–Kier alpha value is -4.06. The molecule has 1 N–H and O–H groups in total. The highest BCUT2D eigenvalue weighted by Crippen LogP contribution is 2.40. The van der Waals surface area contributed by atoms with Gasteiger partial charge in [-0.05, 0) is 42.3 Å². The predicted molar refractivity (Wildman–Crippen MR) is 132 cm³/mol. The summed E-state index contributed by atoms with van der Waals surface area (Å²) >= 11 is 0. The molecule has 4 rings (SSSR count). The molecule has 1 aliphatic rings. The van der Waals surface area contributed by atoms with Crippen molar-refractivity contribution in [3.63, 3.8) is 0 Å². The van der Waals surface area contributed by atoms with Gasteiger partial charge in [0.2, 0.25) is 0 Å². The first kappa shape index (κ1) is 23.1. The van der Waals surface area contributed by atoms with Crippen molar-refractivity contribution in [3.8, 4) is 5.75 Å². The molecule has 6 heteroatoms. The van der Waals surface area contributed by atoms with E-state index in [-0.39, 0.29) is 11.9 Å². The molecule has 1 heterocycles. The summed E-state index contributed by atoms with van der Waals surface area (Å²) in [5.74, 6) is 0.214. The average Bonchev–Trinajstić information content (AvgIpc) is 2.87. The fraction of sp³-hybridized carbons (Fsp3) is 0.214. The SMILES string of the molecule is COC(=O)/C=C(/Cc1ccccc1)N[C@@H]1C(=O)N(c2ccc(C)cc2)[C@@H]1c1ccc(OC)cc1. The van der Waals surface area contributed by atoms with E-state index in [1.54, 1.807) is 12.0 Å². The van der Waals surface area contributed by atoms with Gasteiger partial charge in [-0.2, -0.15) is 0 Å².